The first-order valence-electron chi connectivity index (χ1n) is 6.62. The molecule has 0 spiro atoms. The number of carboxylic acids is 1. The minimum atomic E-state index is -1.61. The van der Waals surface area contributed by atoms with Gasteiger partial charge in [0, 0.05) is 23.9 Å². The van der Waals surface area contributed by atoms with Gasteiger partial charge < -0.3 is 15.5 Å². The molecule has 0 saturated heterocycles. The first kappa shape index (κ1) is 15.3. The van der Waals surface area contributed by atoms with Crippen molar-refractivity contribution in [2.24, 2.45) is 0 Å². The predicted molar refractivity (Wildman–Crippen MR) is 83.5 cm³/mol. The third kappa shape index (κ3) is 4.21. The van der Waals surface area contributed by atoms with E-state index in [1.807, 2.05) is 36.4 Å². The number of hydrogen-bond acceptors (Lipinski definition) is 4. The number of anilines is 1. The van der Waals surface area contributed by atoms with Crippen molar-refractivity contribution >= 4 is 23.2 Å². The van der Waals surface area contributed by atoms with Crippen LogP contribution in [0.5, 0.6) is 0 Å². The Kier molecular flexibility index (Phi) is 4.93. The van der Waals surface area contributed by atoms with Crippen molar-refractivity contribution in [2.75, 3.05) is 5.32 Å². The number of aliphatic hydroxyl groups excluding tert-OH is 1. The molecule has 0 saturated carbocycles. The van der Waals surface area contributed by atoms with Crippen molar-refractivity contribution < 1.29 is 19.8 Å². The Morgan fingerprint density at radius 1 is 1.00 bits per heavy atom. The van der Waals surface area contributed by atoms with Crippen LogP contribution < -0.4 is 5.32 Å². The van der Waals surface area contributed by atoms with Gasteiger partial charge in [0.2, 0.25) is 0 Å². The SMILES string of the molecule is O=C(O)C(=O)C=C(O)c1cccc(NCc2ccccc2)c1. The molecule has 0 heterocycles. The van der Waals surface area contributed by atoms with Crippen LogP contribution in [0.1, 0.15) is 11.1 Å². The average molecular weight is 297 g/mol. The number of carbonyl (C=O) groups excluding carboxylic acids is 1. The molecule has 0 aromatic heterocycles. The zero-order valence-electron chi connectivity index (χ0n) is 11.7. The molecule has 0 unspecified atom stereocenters. The molecule has 2 aromatic rings. The normalized spacial score (nSPS) is 11.0. The van der Waals surface area contributed by atoms with Crippen LogP contribution in [0, 0.1) is 0 Å². The summed E-state index contributed by atoms with van der Waals surface area (Å²) in [5.74, 6) is -3.15. The van der Waals surface area contributed by atoms with Crippen molar-refractivity contribution in [2.45, 2.75) is 6.54 Å². The van der Waals surface area contributed by atoms with E-state index in [1.54, 1.807) is 18.2 Å². The highest BCUT2D eigenvalue weighted by Crippen LogP contribution is 2.17. The van der Waals surface area contributed by atoms with Gasteiger partial charge in [0.1, 0.15) is 5.76 Å². The maximum atomic E-state index is 11.1. The number of carbonyl (C=O) groups is 2. The Bertz CT molecular complexity index is 708. The van der Waals surface area contributed by atoms with Crippen LogP contribution in [0.4, 0.5) is 5.69 Å². The topological polar surface area (TPSA) is 86.6 Å². The van der Waals surface area contributed by atoms with E-state index in [2.05, 4.69) is 5.32 Å². The van der Waals surface area contributed by atoms with E-state index in [4.69, 9.17) is 5.11 Å². The van der Waals surface area contributed by atoms with Gasteiger partial charge in [-0.05, 0) is 17.7 Å². The van der Waals surface area contributed by atoms with Crippen molar-refractivity contribution in [3.8, 4) is 0 Å². The zero-order chi connectivity index (χ0) is 15.9. The van der Waals surface area contributed by atoms with Crippen LogP contribution in [0.15, 0.2) is 60.7 Å². The monoisotopic (exact) mass is 297 g/mol. The van der Waals surface area contributed by atoms with E-state index in [9.17, 15) is 14.7 Å². The highest BCUT2D eigenvalue weighted by atomic mass is 16.4. The largest absolute Gasteiger partial charge is 0.507 e. The van der Waals surface area contributed by atoms with Crippen molar-refractivity contribution in [3.05, 3.63) is 71.8 Å². The summed E-state index contributed by atoms with van der Waals surface area (Å²) in [5, 5.41) is 21.5. The van der Waals surface area contributed by atoms with Gasteiger partial charge in [-0.1, -0.05) is 42.5 Å². The van der Waals surface area contributed by atoms with E-state index in [0.29, 0.717) is 18.2 Å². The van der Waals surface area contributed by atoms with Gasteiger partial charge in [-0.15, -0.1) is 0 Å². The summed E-state index contributed by atoms with van der Waals surface area (Å²) >= 11 is 0. The molecule has 0 amide bonds. The molecule has 2 rings (SSSR count). The van der Waals surface area contributed by atoms with Crippen LogP contribution in [-0.2, 0) is 16.1 Å². The van der Waals surface area contributed by atoms with E-state index >= 15 is 0 Å². The van der Waals surface area contributed by atoms with E-state index in [0.717, 1.165) is 11.3 Å². The molecule has 112 valence electrons. The smallest absolute Gasteiger partial charge is 0.376 e. The lowest BCUT2D eigenvalue weighted by Crippen LogP contribution is -2.09. The molecule has 22 heavy (non-hydrogen) atoms. The van der Waals surface area contributed by atoms with Gasteiger partial charge >= 0.3 is 5.97 Å². The first-order chi connectivity index (χ1) is 10.6. The van der Waals surface area contributed by atoms with Crippen LogP contribution in [0.3, 0.4) is 0 Å². The molecule has 0 bridgehead atoms. The van der Waals surface area contributed by atoms with Crippen LogP contribution in [0.2, 0.25) is 0 Å². The molecule has 0 aliphatic carbocycles. The number of ketones is 1. The van der Waals surface area contributed by atoms with Crippen LogP contribution in [0.25, 0.3) is 5.76 Å². The summed E-state index contributed by atoms with van der Waals surface area (Å²) in [5.41, 5.74) is 2.23. The Morgan fingerprint density at radius 3 is 2.41 bits per heavy atom. The Labute approximate surface area is 127 Å². The first-order valence-corrected chi connectivity index (χ1v) is 6.62. The Balaban J connectivity index is 2.10. The molecular formula is C17H15NO4. The lowest BCUT2D eigenvalue weighted by molar-refractivity contribution is -0.146. The fraction of sp³-hybridized carbons (Fsp3) is 0.0588. The lowest BCUT2D eigenvalue weighted by Gasteiger charge is -2.08. The molecule has 5 heteroatoms. The van der Waals surface area contributed by atoms with Gasteiger partial charge in [0.25, 0.3) is 5.78 Å². The minimum Gasteiger partial charge on any atom is -0.507 e. The predicted octanol–water partition coefficient (Wildman–Crippen LogP) is 2.85. The quantitative estimate of drug-likeness (QED) is 0.433. The molecule has 3 N–H and O–H groups in total. The number of nitrogens with one attached hydrogen (secondary N) is 1. The van der Waals surface area contributed by atoms with E-state index < -0.39 is 11.8 Å². The van der Waals surface area contributed by atoms with E-state index in [1.165, 1.54) is 0 Å². The fourth-order valence-corrected chi connectivity index (χ4v) is 1.86. The lowest BCUT2D eigenvalue weighted by atomic mass is 10.1. The highest BCUT2D eigenvalue weighted by molar-refractivity contribution is 6.38. The number of carboxylic acid groups (broad SMARTS) is 1. The summed E-state index contributed by atoms with van der Waals surface area (Å²) in [6.07, 6.45) is 0.693. The average Bonchev–Trinajstić information content (AvgIpc) is 2.54. The summed E-state index contributed by atoms with van der Waals surface area (Å²) in [4.78, 5) is 21.5. The third-order valence-electron chi connectivity index (χ3n) is 2.98. The second-order valence-corrected chi connectivity index (χ2v) is 4.62. The molecule has 0 aliphatic rings. The van der Waals surface area contributed by atoms with Crippen molar-refractivity contribution in [3.63, 3.8) is 0 Å². The fourth-order valence-electron chi connectivity index (χ4n) is 1.86. The summed E-state index contributed by atoms with van der Waals surface area (Å²) < 4.78 is 0. The molecular weight excluding hydrogens is 282 g/mol. The molecule has 0 fully saturated rings. The number of aliphatic carboxylic acids is 1. The van der Waals surface area contributed by atoms with Crippen molar-refractivity contribution in [1.29, 1.82) is 0 Å². The maximum absolute atomic E-state index is 11.1. The maximum Gasteiger partial charge on any atom is 0.376 e. The van der Waals surface area contributed by atoms with Crippen molar-refractivity contribution in [1.82, 2.24) is 0 Å². The Hall–Kier alpha value is -3.08. The van der Waals surface area contributed by atoms with Gasteiger partial charge in [-0.25, -0.2) is 4.79 Å². The number of rotatable bonds is 6. The standard InChI is InChI=1S/C17H15NO4/c19-15(10-16(20)17(21)22)13-7-4-8-14(9-13)18-11-12-5-2-1-3-6-12/h1-10,18-19H,11H2,(H,21,22). The minimum absolute atomic E-state index is 0.368. The zero-order valence-corrected chi connectivity index (χ0v) is 11.7. The molecule has 5 nitrogen and oxygen atoms in total. The second kappa shape index (κ2) is 7.08. The van der Waals surface area contributed by atoms with Gasteiger partial charge in [-0.3, -0.25) is 4.79 Å². The van der Waals surface area contributed by atoms with Crippen LogP contribution in [-0.4, -0.2) is 22.0 Å². The van der Waals surface area contributed by atoms with Gasteiger partial charge in [0.15, 0.2) is 0 Å². The summed E-state index contributed by atoms with van der Waals surface area (Å²) in [7, 11) is 0. The number of hydrogen-bond donors (Lipinski definition) is 3. The molecule has 0 radical (unpaired) electrons. The van der Waals surface area contributed by atoms with Crippen LogP contribution >= 0.6 is 0 Å². The molecule has 0 atom stereocenters. The Morgan fingerprint density at radius 2 is 1.73 bits per heavy atom. The van der Waals surface area contributed by atoms with Gasteiger partial charge in [-0.2, -0.15) is 0 Å². The third-order valence-corrected chi connectivity index (χ3v) is 2.98. The summed E-state index contributed by atoms with van der Waals surface area (Å²) in [6.45, 7) is 0.614. The summed E-state index contributed by atoms with van der Waals surface area (Å²) in [6, 6.07) is 16.6. The molecule has 0 aliphatic heterocycles. The number of aliphatic hydroxyl groups is 1. The second-order valence-electron chi connectivity index (χ2n) is 4.62. The highest BCUT2D eigenvalue weighted by Gasteiger charge is 2.10. The van der Waals surface area contributed by atoms with E-state index in [-0.39, 0.29) is 5.76 Å². The van der Waals surface area contributed by atoms with Gasteiger partial charge in [0.05, 0.1) is 0 Å². The number of benzene rings is 2. The molecule has 2 aromatic carbocycles.